The van der Waals surface area contributed by atoms with Crippen molar-refractivity contribution in [2.24, 2.45) is 0 Å². The molecule has 0 spiro atoms. The summed E-state index contributed by atoms with van der Waals surface area (Å²) >= 11 is 3.40. The van der Waals surface area contributed by atoms with Gasteiger partial charge in [0.2, 0.25) is 5.91 Å². The molecule has 0 aliphatic rings. The van der Waals surface area contributed by atoms with E-state index in [0.717, 1.165) is 28.1 Å². The Labute approximate surface area is 144 Å². The van der Waals surface area contributed by atoms with Crippen molar-refractivity contribution < 1.29 is 4.79 Å². The van der Waals surface area contributed by atoms with Gasteiger partial charge in [0.25, 0.3) is 0 Å². The maximum absolute atomic E-state index is 12.0. The number of nitrogens with zero attached hydrogens (tertiary/aromatic N) is 1. The molecular formula is C18H18N2OS2. The third-order valence-corrected chi connectivity index (χ3v) is 5.36. The molecule has 1 aromatic heterocycles. The van der Waals surface area contributed by atoms with E-state index in [1.165, 1.54) is 10.5 Å². The third-order valence-electron chi connectivity index (χ3n) is 3.45. The van der Waals surface area contributed by atoms with Gasteiger partial charge in [-0.1, -0.05) is 17.7 Å². The van der Waals surface area contributed by atoms with Crippen molar-refractivity contribution in [2.75, 3.05) is 11.1 Å². The summed E-state index contributed by atoms with van der Waals surface area (Å²) in [6, 6.07) is 14.3. The second kappa shape index (κ2) is 7.62. The molecule has 3 rings (SSSR count). The Bertz CT molecular complexity index is 796. The minimum Gasteiger partial charge on any atom is -0.326 e. The number of hydrogen-bond donors (Lipinski definition) is 1. The Morgan fingerprint density at radius 3 is 2.87 bits per heavy atom. The molecule has 1 amide bonds. The van der Waals surface area contributed by atoms with Crippen LogP contribution in [0.5, 0.6) is 0 Å². The molecule has 23 heavy (non-hydrogen) atoms. The summed E-state index contributed by atoms with van der Waals surface area (Å²) in [6.07, 6.45) is 1.40. The maximum atomic E-state index is 12.0. The average molecular weight is 342 g/mol. The number of amides is 1. The summed E-state index contributed by atoms with van der Waals surface area (Å²) in [5.74, 6) is 1.01. The molecule has 3 nitrogen and oxygen atoms in total. The molecule has 1 N–H and O–H groups in total. The summed E-state index contributed by atoms with van der Waals surface area (Å²) in [6.45, 7) is 2.09. The maximum Gasteiger partial charge on any atom is 0.224 e. The zero-order valence-electron chi connectivity index (χ0n) is 12.9. The molecule has 0 fully saturated rings. The quantitative estimate of drug-likeness (QED) is 0.499. The molecular weight excluding hydrogens is 324 g/mol. The summed E-state index contributed by atoms with van der Waals surface area (Å²) in [7, 11) is 0. The van der Waals surface area contributed by atoms with E-state index in [1.54, 1.807) is 23.1 Å². The van der Waals surface area contributed by atoms with Gasteiger partial charge in [-0.15, -0.1) is 23.1 Å². The van der Waals surface area contributed by atoms with Crippen molar-refractivity contribution in [3.63, 3.8) is 0 Å². The predicted molar refractivity (Wildman–Crippen MR) is 99.4 cm³/mol. The number of carbonyl (C=O) groups is 1. The molecule has 1 heterocycles. The number of carbonyl (C=O) groups excluding carboxylic acids is 1. The first-order valence-corrected chi connectivity index (χ1v) is 9.40. The molecule has 2 aromatic carbocycles. The van der Waals surface area contributed by atoms with E-state index < -0.39 is 0 Å². The van der Waals surface area contributed by atoms with Crippen molar-refractivity contribution in [1.82, 2.24) is 4.98 Å². The van der Waals surface area contributed by atoms with Gasteiger partial charge in [-0.2, -0.15) is 0 Å². The van der Waals surface area contributed by atoms with Gasteiger partial charge in [-0.3, -0.25) is 4.79 Å². The van der Waals surface area contributed by atoms with Crippen LogP contribution in [0.25, 0.3) is 10.2 Å². The fourth-order valence-corrected chi connectivity index (χ4v) is 3.73. The number of benzene rings is 2. The number of anilines is 1. The molecule has 0 bridgehead atoms. The van der Waals surface area contributed by atoms with Crippen LogP contribution in [-0.4, -0.2) is 16.6 Å². The molecule has 0 saturated heterocycles. The lowest BCUT2D eigenvalue weighted by atomic mass is 10.2. The Morgan fingerprint density at radius 1 is 1.22 bits per heavy atom. The Morgan fingerprint density at radius 2 is 2.04 bits per heavy atom. The van der Waals surface area contributed by atoms with Crippen LogP contribution in [0.1, 0.15) is 18.4 Å². The minimum absolute atomic E-state index is 0.0593. The molecule has 0 unspecified atom stereocenters. The van der Waals surface area contributed by atoms with Crippen molar-refractivity contribution >= 4 is 44.9 Å². The van der Waals surface area contributed by atoms with E-state index in [0.29, 0.717) is 6.42 Å². The van der Waals surface area contributed by atoms with Gasteiger partial charge in [-0.25, -0.2) is 4.98 Å². The first-order chi connectivity index (χ1) is 11.2. The van der Waals surface area contributed by atoms with Gasteiger partial charge in [0, 0.05) is 17.0 Å². The van der Waals surface area contributed by atoms with Crippen molar-refractivity contribution in [3.8, 4) is 0 Å². The SMILES string of the molecule is Cc1ccc(SCCCC(=O)Nc2ccc3scnc3c2)cc1. The molecule has 0 atom stereocenters. The van der Waals surface area contributed by atoms with Crippen molar-refractivity contribution in [2.45, 2.75) is 24.7 Å². The topological polar surface area (TPSA) is 42.0 Å². The first kappa shape index (κ1) is 16.0. The summed E-state index contributed by atoms with van der Waals surface area (Å²) < 4.78 is 1.14. The van der Waals surface area contributed by atoms with Gasteiger partial charge < -0.3 is 5.32 Å². The largest absolute Gasteiger partial charge is 0.326 e. The third kappa shape index (κ3) is 4.56. The molecule has 118 valence electrons. The molecule has 3 aromatic rings. The van der Waals surface area contributed by atoms with E-state index in [2.05, 4.69) is 41.5 Å². The lowest BCUT2D eigenvalue weighted by Gasteiger charge is -2.05. The number of thiazole rings is 1. The minimum atomic E-state index is 0.0593. The van der Waals surface area contributed by atoms with Crippen LogP contribution in [0.4, 0.5) is 5.69 Å². The smallest absolute Gasteiger partial charge is 0.224 e. The van der Waals surface area contributed by atoms with Crippen LogP contribution >= 0.6 is 23.1 Å². The highest BCUT2D eigenvalue weighted by Gasteiger charge is 2.04. The molecule has 0 aliphatic heterocycles. The average Bonchev–Trinajstić information content (AvgIpc) is 3.01. The standard InChI is InChI=1S/C18H18N2OS2/c1-13-4-7-15(8-5-13)22-10-2-3-18(21)20-14-6-9-17-16(11-14)19-12-23-17/h4-9,11-12H,2-3,10H2,1H3,(H,20,21). The van der Waals surface area contributed by atoms with Crippen LogP contribution in [-0.2, 0) is 4.79 Å². The van der Waals surface area contributed by atoms with Crippen molar-refractivity contribution in [3.05, 3.63) is 53.5 Å². The normalized spacial score (nSPS) is 10.8. The highest BCUT2D eigenvalue weighted by molar-refractivity contribution is 7.99. The number of hydrogen-bond acceptors (Lipinski definition) is 4. The van der Waals surface area contributed by atoms with Gasteiger partial charge in [0.05, 0.1) is 15.7 Å². The Balaban J connectivity index is 1.43. The highest BCUT2D eigenvalue weighted by Crippen LogP contribution is 2.22. The van der Waals surface area contributed by atoms with Crippen molar-refractivity contribution in [1.29, 1.82) is 0 Å². The summed E-state index contributed by atoms with van der Waals surface area (Å²) in [5, 5.41) is 2.95. The Hall–Kier alpha value is -1.85. The number of rotatable bonds is 6. The fourth-order valence-electron chi connectivity index (χ4n) is 2.22. The van der Waals surface area contributed by atoms with E-state index in [1.807, 2.05) is 23.7 Å². The predicted octanol–water partition coefficient (Wildman–Crippen LogP) is 5.12. The number of nitrogens with one attached hydrogen (secondary N) is 1. The van der Waals surface area contributed by atoms with Crippen LogP contribution in [0.3, 0.4) is 0 Å². The number of aromatic nitrogens is 1. The van der Waals surface area contributed by atoms with E-state index in [9.17, 15) is 4.79 Å². The first-order valence-electron chi connectivity index (χ1n) is 7.53. The number of aryl methyl sites for hydroxylation is 1. The van der Waals surface area contributed by atoms with Crippen LogP contribution in [0.15, 0.2) is 52.9 Å². The van der Waals surface area contributed by atoms with Gasteiger partial charge in [0.1, 0.15) is 0 Å². The van der Waals surface area contributed by atoms with Gasteiger partial charge in [-0.05, 0) is 49.4 Å². The van der Waals surface area contributed by atoms with Gasteiger partial charge in [0.15, 0.2) is 0 Å². The van der Waals surface area contributed by atoms with E-state index in [4.69, 9.17) is 0 Å². The molecule has 5 heteroatoms. The highest BCUT2D eigenvalue weighted by atomic mass is 32.2. The number of fused-ring (bicyclic) bond motifs is 1. The van der Waals surface area contributed by atoms with Crippen LogP contribution in [0.2, 0.25) is 0 Å². The van der Waals surface area contributed by atoms with Gasteiger partial charge >= 0.3 is 0 Å². The zero-order chi connectivity index (χ0) is 16.1. The summed E-state index contributed by atoms with van der Waals surface area (Å²) in [5.41, 5.74) is 4.84. The van der Waals surface area contributed by atoms with E-state index in [-0.39, 0.29) is 5.91 Å². The van der Waals surface area contributed by atoms with Crippen LogP contribution in [0, 0.1) is 6.92 Å². The second-order valence-corrected chi connectivity index (χ2v) is 7.40. The zero-order valence-corrected chi connectivity index (χ0v) is 14.5. The molecule has 0 saturated carbocycles. The monoisotopic (exact) mass is 342 g/mol. The lowest BCUT2D eigenvalue weighted by Crippen LogP contribution is -2.11. The molecule has 0 aliphatic carbocycles. The number of thioether (sulfide) groups is 1. The lowest BCUT2D eigenvalue weighted by molar-refractivity contribution is -0.116. The summed E-state index contributed by atoms with van der Waals surface area (Å²) in [4.78, 5) is 17.5. The Kier molecular flexibility index (Phi) is 5.31. The fraction of sp³-hybridized carbons (Fsp3) is 0.222. The van der Waals surface area contributed by atoms with E-state index >= 15 is 0 Å². The second-order valence-electron chi connectivity index (χ2n) is 5.35. The van der Waals surface area contributed by atoms with Crippen LogP contribution < -0.4 is 5.32 Å². The molecule has 0 radical (unpaired) electrons.